The van der Waals surface area contributed by atoms with Gasteiger partial charge in [-0.15, -0.1) is 0 Å². The van der Waals surface area contributed by atoms with Crippen molar-refractivity contribution < 1.29 is 14.6 Å². The monoisotopic (exact) mass is 322 g/mol. The van der Waals surface area contributed by atoms with Crippen molar-refractivity contribution in [2.45, 2.75) is 13.0 Å². The van der Waals surface area contributed by atoms with E-state index in [-0.39, 0.29) is 12.5 Å². The Labute approximate surface area is 140 Å². The molecule has 0 aliphatic carbocycles. The summed E-state index contributed by atoms with van der Waals surface area (Å²) in [5.74, 6) is 0.510. The molecule has 5 heteroatoms. The van der Waals surface area contributed by atoms with E-state index in [0.717, 1.165) is 28.1 Å². The Morgan fingerprint density at radius 2 is 2.04 bits per heavy atom. The second-order valence-electron chi connectivity index (χ2n) is 5.87. The van der Waals surface area contributed by atoms with Crippen LogP contribution in [-0.2, 0) is 16.1 Å². The molecule has 0 aromatic heterocycles. The van der Waals surface area contributed by atoms with Crippen LogP contribution in [0.5, 0.6) is 0 Å². The van der Waals surface area contributed by atoms with E-state index >= 15 is 0 Å². The molecule has 2 aromatic rings. The van der Waals surface area contributed by atoms with E-state index in [4.69, 9.17) is 9.84 Å². The lowest BCUT2D eigenvalue weighted by atomic mass is 10.00. The number of benzene rings is 2. The van der Waals surface area contributed by atoms with Gasteiger partial charge < -0.3 is 20.5 Å². The van der Waals surface area contributed by atoms with Crippen molar-refractivity contribution >= 4 is 28.6 Å². The molecule has 4 rings (SSSR count). The highest BCUT2D eigenvalue weighted by atomic mass is 16.5. The third-order valence-corrected chi connectivity index (χ3v) is 4.29. The maximum Gasteiger partial charge on any atom is 0.260 e. The van der Waals surface area contributed by atoms with E-state index in [1.54, 1.807) is 0 Å². The second kappa shape index (κ2) is 6.02. The Balaban J connectivity index is 1.75. The first-order valence-corrected chi connectivity index (χ1v) is 8.04. The van der Waals surface area contributed by atoms with Gasteiger partial charge in [-0.2, -0.15) is 0 Å². The van der Waals surface area contributed by atoms with Crippen LogP contribution in [0.2, 0.25) is 0 Å². The molecule has 0 fully saturated rings. The minimum atomic E-state index is -0.127. The predicted molar refractivity (Wildman–Crippen MR) is 93.3 cm³/mol. The Bertz CT molecular complexity index is 842. The third kappa shape index (κ3) is 2.43. The Morgan fingerprint density at radius 1 is 1.17 bits per heavy atom. The van der Waals surface area contributed by atoms with Crippen molar-refractivity contribution in [1.82, 2.24) is 0 Å². The number of ether oxygens (including phenoxy) is 1. The fourth-order valence-electron chi connectivity index (χ4n) is 3.11. The molecule has 122 valence electrons. The van der Waals surface area contributed by atoms with Crippen molar-refractivity contribution in [3.05, 3.63) is 59.2 Å². The van der Waals surface area contributed by atoms with Gasteiger partial charge in [-0.05, 0) is 24.6 Å². The molecule has 5 nitrogen and oxygen atoms in total. The van der Waals surface area contributed by atoms with Gasteiger partial charge in [0.05, 0.1) is 5.57 Å². The van der Waals surface area contributed by atoms with Gasteiger partial charge in [-0.3, -0.25) is 4.79 Å². The van der Waals surface area contributed by atoms with Gasteiger partial charge in [-0.25, -0.2) is 0 Å². The van der Waals surface area contributed by atoms with E-state index in [1.807, 2.05) is 42.5 Å². The van der Waals surface area contributed by atoms with E-state index < -0.39 is 0 Å². The summed E-state index contributed by atoms with van der Waals surface area (Å²) < 4.78 is 5.87. The standard InChI is InChI=1S/C19H18N2O3/c22-9-3-8-20-13-7-6-12-11-24-18(15(12)10-13)17-14-4-1-2-5-16(14)21-19(17)23/h1-2,4-7,10,20,22H,3,8-9,11H2,(H,21,23)/b18-17+. The maximum absolute atomic E-state index is 12.4. The number of fused-ring (bicyclic) bond motifs is 2. The van der Waals surface area contributed by atoms with Crippen LogP contribution in [0.3, 0.4) is 0 Å². The number of carbonyl (C=O) groups is 1. The number of aliphatic hydroxyl groups excluding tert-OH is 1. The van der Waals surface area contributed by atoms with Crippen LogP contribution in [0.15, 0.2) is 42.5 Å². The van der Waals surface area contributed by atoms with E-state index in [9.17, 15) is 4.79 Å². The first-order valence-electron chi connectivity index (χ1n) is 8.04. The van der Waals surface area contributed by atoms with Crippen LogP contribution in [-0.4, -0.2) is 24.2 Å². The molecule has 1 amide bonds. The minimum Gasteiger partial charge on any atom is -0.487 e. The molecule has 2 heterocycles. The molecule has 0 unspecified atom stereocenters. The van der Waals surface area contributed by atoms with Gasteiger partial charge in [0.15, 0.2) is 0 Å². The molecular formula is C19H18N2O3. The highest BCUT2D eigenvalue weighted by molar-refractivity contribution is 6.36. The molecule has 0 spiro atoms. The molecular weight excluding hydrogens is 304 g/mol. The molecule has 3 N–H and O–H groups in total. The van der Waals surface area contributed by atoms with Crippen LogP contribution in [0.1, 0.15) is 23.1 Å². The first-order chi connectivity index (χ1) is 11.8. The van der Waals surface area contributed by atoms with Gasteiger partial charge in [0.1, 0.15) is 12.4 Å². The Kier molecular flexibility index (Phi) is 3.70. The average molecular weight is 322 g/mol. The quantitative estimate of drug-likeness (QED) is 0.598. The van der Waals surface area contributed by atoms with Gasteiger partial charge in [-0.1, -0.05) is 24.3 Å². The fraction of sp³-hybridized carbons (Fsp3) is 0.211. The fourth-order valence-corrected chi connectivity index (χ4v) is 3.11. The summed E-state index contributed by atoms with van der Waals surface area (Å²) >= 11 is 0. The zero-order valence-corrected chi connectivity index (χ0v) is 13.1. The van der Waals surface area contributed by atoms with E-state index in [1.165, 1.54) is 0 Å². The summed E-state index contributed by atoms with van der Waals surface area (Å²) in [5.41, 5.74) is 5.27. The van der Waals surface area contributed by atoms with Crippen LogP contribution in [0, 0.1) is 0 Å². The van der Waals surface area contributed by atoms with Crippen molar-refractivity contribution in [2.24, 2.45) is 0 Å². The molecule has 0 bridgehead atoms. The number of nitrogens with one attached hydrogen (secondary N) is 2. The van der Waals surface area contributed by atoms with Gasteiger partial charge in [0, 0.05) is 41.2 Å². The number of carbonyl (C=O) groups excluding carboxylic acids is 1. The highest BCUT2D eigenvalue weighted by Gasteiger charge is 2.32. The summed E-state index contributed by atoms with van der Waals surface area (Å²) in [6, 6.07) is 13.7. The van der Waals surface area contributed by atoms with Crippen molar-refractivity contribution in [3.8, 4) is 0 Å². The van der Waals surface area contributed by atoms with Gasteiger partial charge in [0.2, 0.25) is 0 Å². The molecule has 0 atom stereocenters. The first kappa shape index (κ1) is 14.8. The zero-order chi connectivity index (χ0) is 16.5. The normalized spacial score (nSPS) is 18.0. The van der Waals surface area contributed by atoms with Gasteiger partial charge >= 0.3 is 0 Å². The lowest BCUT2D eigenvalue weighted by molar-refractivity contribution is -0.110. The third-order valence-electron chi connectivity index (χ3n) is 4.29. The van der Waals surface area contributed by atoms with Gasteiger partial charge in [0.25, 0.3) is 5.91 Å². The topological polar surface area (TPSA) is 70.6 Å². The number of para-hydroxylation sites is 1. The summed E-state index contributed by atoms with van der Waals surface area (Å²) in [7, 11) is 0. The molecule has 2 aliphatic heterocycles. The number of hydrogen-bond acceptors (Lipinski definition) is 4. The van der Waals surface area contributed by atoms with Crippen LogP contribution < -0.4 is 10.6 Å². The summed E-state index contributed by atoms with van der Waals surface area (Å²) in [4.78, 5) is 12.4. The number of rotatable bonds is 4. The summed E-state index contributed by atoms with van der Waals surface area (Å²) in [6.45, 7) is 1.33. The van der Waals surface area contributed by atoms with Crippen LogP contribution in [0.4, 0.5) is 11.4 Å². The van der Waals surface area contributed by atoms with Crippen LogP contribution in [0.25, 0.3) is 11.3 Å². The molecule has 24 heavy (non-hydrogen) atoms. The molecule has 0 saturated carbocycles. The molecule has 0 radical (unpaired) electrons. The predicted octanol–water partition coefficient (Wildman–Crippen LogP) is 2.83. The van der Waals surface area contributed by atoms with Crippen molar-refractivity contribution in [3.63, 3.8) is 0 Å². The van der Waals surface area contributed by atoms with E-state index in [0.29, 0.717) is 30.9 Å². The van der Waals surface area contributed by atoms with Crippen molar-refractivity contribution in [1.29, 1.82) is 0 Å². The summed E-state index contributed by atoms with van der Waals surface area (Å²) in [6.07, 6.45) is 0.692. The Morgan fingerprint density at radius 3 is 2.92 bits per heavy atom. The molecule has 2 aromatic carbocycles. The lowest BCUT2D eigenvalue weighted by Gasteiger charge is -2.08. The second-order valence-corrected chi connectivity index (χ2v) is 5.87. The maximum atomic E-state index is 12.4. The Hall–Kier alpha value is -2.79. The number of aliphatic hydroxyl groups is 1. The highest BCUT2D eigenvalue weighted by Crippen LogP contribution is 2.42. The lowest BCUT2D eigenvalue weighted by Crippen LogP contribution is -2.06. The largest absolute Gasteiger partial charge is 0.487 e. The van der Waals surface area contributed by atoms with E-state index in [2.05, 4.69) is 10.6 Å². The number of amides is 1. The zero-order valence-electron chi connectivity index (χ0n) is 13.1. The SMILES string of the molecule is O=C1Nc2ccccc2/C1=C1\OCc2ccc(NCCCO)cc21. The summed E-state index contributed by atoms with van der Waals surface area (Å²) in [5, 5.41) is 15.1. The number of hydrogen-bond donors (Lipinski definition) is 3. The van der Waals surface area contributed by atoms with Crippen LogP contribution >= 0.6 is 0 Å². The average Bonchev–Trinajstić information content (AvgIpc) is 3.14. The van der Waals surface area contributed by atoms with Crippen molar-refractivity contribution in [2.75, 3.05) is 23.8 Å². The number of anilines is 2. The smallest absolute Gasteiger partial charge is 0.260 e. The molecule has 0 saturated heterocycles. The molecule has 2 aliphatic rings. The minimum absolute atomic E-state index is 0.127.